The monoisotopic (exact) mass is 481 g/mol. The number of ether oxygens (including phenoxy) is 3. The number of aliphatic hydroxyl groups excluding tert-OH is 3. The number of aliphatic hydroxyl groups is 3. The van der Waals surface area contributed by atoms with Gasteiger partial charge in [0, 0.05) is 11.5 Å². The lowest BCUT2D eigenvalue weighted by Gasteiger charge is -2.43. The maximum Gasteiger partial charge on any atom is 0.229 e. The number of nitrogens with zero attached hydrogens (tertiary/aromatic N) is 1. The molecule has 7 nitrogen and oxygen atoms in total. The van der Waals surface area contributed by atoms with Crippen LogP contribution in [0.3, 0.4) is 0 Å². The lowest BCUT2D eigenvalue weighted by molar-refractivity contribution is -0.268. The van der Waals surface area contributed by atoms with Gasteiger partial charge in [-0.05, 0) is 81.6 Å². The molecule has 1 aromatic carbocycles. The molecule has 7 atom stereocenters. The van der Waals surface area contributed by atoms with Crippen LogP contribution in [0.15, 0.2) is 34.9 Å². The summed E-state index contributed by atoms with van der Waals surface area (Å²) in [5.41, 5.74) is 5.79. The zero-order valence-corrected chi connectivity index (χ0v) is 20.4. The van der Waals surface area contributed by atoms with Gasteiger partial charge in [0.05, 0.1) is 18.8 Å². The molecule has 188 valence electrons. The molecule has 3 aliphatic carbocycles. The van der Waals surface area contributed by atoms with Crippen LogP contribution in [0, 0.1) is 23.2 Å². The first-order chi connectivity index (χ1) is 16.9. The van der Waals surface area contributed by atoms with E-state index >= 15 is 0 Å². The van der Waals surface area contributed by atoms with E-state index in [1.54, 1.807) is 37.3 Å². The number of hydrogen-bond acceptors (Lipinski definition) is 7. The van der Waals surface area contributed by atoms with Crippen LogP contribution in [0.4, 0.5) is 0 Å². The Morgan fingerprint density at radius 2 is 1.86 bits per heavy atom. The Kier molecular flexibility index (Phi) is 6.91. The number of fused-ring (bicyclic) bond motifs is 3. The summed E-state index contributed by atoms with van der Waals surface area (Å²) in [7, 11) is 1.70. The van der Waals surface area contributed by atoms with Crippen molar-refractivity contribution in [2.75, 3.05) is 7.11 Å². The van der Waals surface area contributed by atoms with E-state index < -0.39 is 30.7 Å². The van der Waals surface area contributed by atoms with E-state index in [9.17, 15) is 20.6 Å². The number of nitriles is 1. The third-order valence-electron chi connectivity index (χ3n) is 8.28. The topological polar surface area (TPSA) is 112 Å². The van der Waals surface area contributed by atoms with Crippen LogP contribution in [0.25, 0.3) is 5.76 Å². The van der Waals surface area contributed by atoms with Gasteiger partial charge in [-0.3, -0.25) is 0 Å². The fraction of sp³-hybridized carbons (Fsp3) is 0.607. The van der Waals surface area contributed by atoms with E-state index in [0.717, 1.165) is 30.6 Å². The van der Waals surface area contributed by atoms with Crippen molar-refractivity contribution in [3.8, 4) is 11.8 Å². The third kappa shape index (κ3) is 4.38. The molecule has 2 fully saturated rings. The number of allylic oxidation sites excluding steroid dienone is 3. The molecule has 0 amide bonds. The predicted octanol–water partition coefficient (Wildman–Crippen LogP) is 3.81. The van der Waals surface area contributed by atoms with Crippen molar-refractivity contribution < 1.29 is 29.5 Å². The van der Waals surface area contributed by atoms with E-state index in [1.807, 2.05) is 6.07 Å². The zero-order valence-electron chi connectivity index (χ0n) is 20.4. The van der Waals surface area contributed by atoms with Crippen molar-refractivity contribution in [1.29, 1.82) is 5.26 Å². The van der Waals surface area contributed by atoms with E-state index in [4.69, 9.17) is 14.2 Å². The molecule has 3 N–H and O–H groups in total. The van der Waals surface area contributed by atoms with Crippen molar-refractivity contribution in [3.05, 3.63) is 46.0 Å². The second-order valence-corrected chi connectivity index (χ2v) is 10.3. The standard InChI is InChI=1S/C28H35NO6/c1-15-24(30)25(31)26(32)28(34-15)35-22-13-18(10-11-19(22)14-29)27(33-2)23-17-7-5-9-21(23)20-8-4-3-6-16(20)12-17/h10-11,13,15,17,21,24-26,28,30-32H,3-9,12H2,1-2H3/b27-23+/t15?,17?,21?,24-,25-,26?,28-/m0/s1. The quantitative estimate of drug-likeness (QED) is 0.443. The van der Waals surface area contributed by atoms with Gasteiger partial charge >= 0.3 is 0 Å². The summed E-state index contributed by atoms with van der Waals surface area (Å²) in [6.07, 6.45) is 3.60. The van der Waals surface area contributed by atoms with Crippen LogP contribution < -0.4 is 4.74 Å². The minimum absolute atomic E-state index is 0.249. The summed E-state index contributed by atoms with van der Waals surface area (Å²) >= 11 is 0. The molecule has 5 rings (SSSR count). The molecule has 35 heavy (non-hydrogen) atoms. The first kappa shape index (κ1) is 24.3. The maximum absolute atomic E-state index is 10.4. The van der Waals surface area contributed by atoms with E-state index in [0.29, 0.717) is 17.4 Å². The number of rotatable bonds is 4. The Hall–Kier alpha value is -2.37. The van der Waals surface area contributed by atoms with Crippen LogP contribution in [0.5, 0.6) is 5.75 Å². The van der Waals surface area contributed by atoms with Crippen LogP contribution in [-0.4, -0.2) is 53.1 Å². The van der Waals surface area contributed by atoms with Crippen molar-refractivity contribution in [2.45, 2.75) is 89.0 Å². The van der Waals surface area contributed by atoms with E-state index in [2.05, 4.69) is 6.07 Å². The molecule has 1 saturated heterocycles. The Balaban J connectivity index is 1.51. The van der Waals surface area contributed by atoms with E-state index in [-0.39, 0.29) is 5.75 Å². The summed E-state index contributed by atoms with van der Waals surface area (Å²) in [4.78, 5) is 0. The Morgan fingerprint density at radius 1 is 1.06 bits per heavy atom. The van der Waals surface area contributed by atoms with Crippen molar-refractivity contribution in [1.82, 2.24) is 0 Å². The van der Waals surface area contributed by atoms with Gasteiger partial charge < -0.3 is 29.5 Å². The molecule has 0 radical (unpaired) electrons. The zero-order chi connectivity index (χ0) is 24.7. The van der Waals surface area contributed by atoms with E-state index in [1.165, 1.54) is 37.7 Å². The molecule has 0 aromatic heterocycles. The number of methoxy groups -OCH3 is 1. The molecule has 1 heterocycles. The predicted molar refractivity (Wildman–Crippen MR) is 129 cm³/mol. The lowest BCUT2D eigenvalue weighted by atomic mass is 9.62. The highest BCUT2D eigenvalue weighted by Crippen LogP contribution is 2.53. The van der Waals surface area contributed by atoms with Gasteiger partial charge in [-0.1, -0.05) is 17.6 Å². The summed E-state index contributed by atoms with van der Waals surface area (Å²) in [6.45, 7) is 1.60. The Bertz CT molecular complexity index is 1070. The van der Waals surface area contributed by atoms with Gasteiger partial charge in [0.15, 0.2) is 0 Å². The molecule has 7 heteroatoms. The summed E-state index contributed by atoms with van der Waals surface area (Å²) < 4.78 is 17.6. The summed E-state index contributed by atoms with van der Waals surface area (Å²) in [5.74, 6) is 1.99. The fourth-order valence-corrected chi connectivity index (χ4v) is 6.52. The summed E-state index contributed by atoms with van der Waals surface area (Å²) in [6, 6.07) is 7.48. The maximum atomic E-state index is 10.4. The highest BCUT2D eigenvalue weighted by molar-refractivity contribution is 5.68. The van der Waals surface area contributed by atoms with Gasteiger partial charge in [-0.15, -0.1) is 0 Å². The number of benzene rings is 1. The first-order valence-electron chi connectivity index (χ1n) is 12.8. The van der Waals surface area contributed by atoms with Crippen molar-refractivity contribution in [3.63, 3.8) is 0 Å². The van der Waals surface area contributed by atoms with Crippen LogP contribution in [0.1, 0.15) is 69.4 Å². The van der Waals surface area contributed by atoms with Gasteiger partial charge in [0.25, 0.3) is 0 Å². The molecule has 1 aliphatic heterocycles. The normalized spacial score (nSPS) is 36.2. The average molecular weight is 482 g/mol. The van der Waals surface area contributed by atoms with Crippen molar-refractivity contribution >= 4 is 5.76 Å². The molecular weight excluding hydrogens is 446 g/mol. The SMILES string of the molecule is CO/C(=C1\C2CCCC1C1=C(CCCC1)C2)c1ccc(C#N)c(O[C@@H]2OC(C)[C@H](O)[C@H](O)C2O)c1. The molecule has 2 bridgehead atoms. The highest BCUT2D eigenvalue weighted by atomic mass is 16.7. The van der Waals surface area contributed by atoms with Gasteiger partial charge in [0.2, 0.25) is 6.29 Å². The fourth-order valence-electron chi connectivity index (χ4n) is 6.52. The Labute approximate surface area is 206 Å². The number of hydrogen-bond donors (Lipinski definition) is 3. The van der Waals surface area contributed by atoms with Crippen molar-refractivity contribution in [2.24, 2.45) is 11.8 Å². The van der Waals surface area contributed by atoms with Crippen LogP contribution in [0.2, 0.25) is 0 Å². The minimum atomic E-state index is -1.45. The molecule has 1 aromatic rings. The largest absolute Gasteiger partial charge is 0.496 e. The third-order valence-corrected chi connectivity index (χ3v) is 8.28. The minimum Gasteiger partial charge on any atom is -0.496 e. The van der Waals surface area contributed by atoms with Crippen LogP contribution in [-0.2, 0) is 9.47 Å². The van der Waals surface area contributed by atoms with Gasteiger partial charge in [0.1, 0.15) is 35.9 Å². The smallest absolute Gasteiger partial charge is 0.229 e. The van der Waals surface area contributed by atoms with Gasteiger partial charge in [-0.25, -0.2) is 0 Å². The van der Waals surface area contributed by atoms with Gasteiger partial charge in [-0.2, -0.15) is 5.26 Å². The average Bonchev–Trinajstić information content (AvgIpc) is 2.87. The lowest BCUT2D eigenvalue weighted by Crippen LogP contribution is -2.58. The second-order valence-electron chi connectivity index (χ2n) is 10.3. The summed E-state index contributed by atoms with van der Waals surface area (Å²) in [5, 5.41) is 40.3. The molecular formula is C28H35NO6. The second kappa shape index (κ2) is 9.94. The molecule has 0 spiro atoms. The molecule has 1 saturated carbocycles. The first-order valence-corrected chi connectivity index (χ1v) is 12.8. The molecule has 4 unspecified atom stereocenters. The molecule has 4 aliphatic rings. The highest BCUT2D eigenvalue weighted by Gasteiger charge is 2.43. The Morgan fingerprint density at radius 3 is 2.63 bits per heavy atom. The van der Waals surface area contributed by atoms with Crippen LogP contribution >= 0.6 is 0 Å².